The molecule has 0 radical (unpaired) electrons. The zero-order chi connectivity index (χ0) is 19.0. The number of nitrogens with zero attached hydrogens (tertiary/aromatic N) is 4. The number of rotatable bonds is 3. The molecule has 0 fully saturated rings. The van der Waals surface area contributed by atoms with Crippen molar-refractivity contribution in [2.24, 2.45) is 0 Å². The quantitative estimate of drug-likeness (QED) is 0.393. The Balaban J connectivity index is 1.88. The van der Waals surface area contributed by atoms with Gasteiger partial charge in [0.1, 0.15) is 0 Å². The molecule has 0 spiro atoms. The standard InChI is InChI=1S/C17H12ClN5O3S/c1-27-17-20-16-14(21-22-17)10-4-2-3-5-13(10)19-15(26-16)11-8-9(23(24)25)6-7-12(11)18/h2-8,15,19H,1H3/t15-/m0/s1. The van der Waals surface area contributed by atoms with E-state index in [1.807, 2.05) is 30.5 Å². The molecule has 1 aromatic heterocycles. The van der Waals surface area contributed by atoms with Gasteiger partial charge in [0.25, 0.3) is 5.69 Å². The van der Waals surface area contributed by atoms with E-state index in [4.69, 9.17) is 16.3 Å². The first-order valence-corrected chi connectivity index (χ1v) is 9.42. The molecular weight excluding hydrogens is 390 g/mol. The van der Waals surface area contributed by atoms with Crippen LogP contribution in [0.25, 0.3) is 11.3 Å². The number of fused-ring (bicyclic) bond motifs is 3. The smallest absolute Gasteiger partial charge is 0.270 e. The van der Waals surface area contributed by atoms with Crippen LogP contribution >= 0.6 is 23.4 Å². The number of anilines is 1. The van der Waals surface area contributed by atoms with E-state index in [9.17, 15) is 10.1 Å². The summed E-state index contributed by atoms with van der Waals surface area (Å²) in [6, 6.07) is 11.7. The van der Waals surface area contributed by atoms with Crippen molar-refractivity contribution in [2.45, 2.75) is 11.4 Å². The number of nitrogens with one attached hydrogen (secondary N) is 1. The molecule has 2 heterocycles. The first-order valence-electron chi connectivity index (χ1n) is 7.82. The van der Waals surface area contributed by atoms with Crippen LogP contribution in [-0.4, -0.2) is 26.4 Å². The molecule has 8 nitrogen and oxygen atoms in total. The highest BCUT2D eigenvalue weighted by Gasteiger charge is 2.28. The number of non-ortho nitro benzene ring substituents is 1. The summed E-state index contributed by atoms with van der Waals surface area (Å²) >= 11 is 7.64. The van der Waals surface area contributed by atoms with E-state index in [0.29, 0.717) is 21.4 Å². The Labute approximate surface area is 163 Å². The fourth-order valence-corrected chi connectivity index (χ4v) is 3.23. The van der Waals surface area contributed by atoms with Crippen LogP contribution in [0.2, 0.25) is 5.02 Å². The van der Waals surface area contributed by atoms with Gasteiger partial charge in [-0.2, -0.15) is 4.98 Å². The Bertz CT molecular complexity index is 1050. The maximum absolute atomic E-state index is 11.2. The second kappa shape index (κ2) is 7.01. The number of hydrogen-bond acceptors (Lipinski definition) is 8. The van der Waals surface area contributed by atoms with Crippen molar-refractivity contribution in [1.82, 2.24) is 15.2 Å². The van der Waals surface area contributed by atoms with Crippen molar-refractivity contribution in [3.8, 4) is 17.1 Å². The van der Waals surface area contributed by atoms with Gasteiger partial charge in [0, 0.05) is 34.0 Å². The fraction of sp³-hybridized carbons (Fsp3) is 0.118. The van der Waals surface area contributed by atoms with Crippen molar-refractivity contribution >= 4 is 34.7 Å². The number of benzene rings is 2. The fourth-order valence-electron chi connectivity index (χ4n) is 2.72. The highest BCUT2D eigenvalue weighted by atomic mass is 35.5. The summed E-state index contributed by atoms with van der Waals surface area (Å²) in [6.07, 6.45) is 1.05. The Morgan fingerprint density at radius 3 is 2.85 bits per heavy atom. The number of ether oxygens (including phenoxy) is 1. The van der Waals surface area contributed by atoms with Gasteiger partial charge in [-0.3, -0.25) is 10.1 Å². The van der Waals surface area contributed by atoms with E-state index in [-0.39, 0.29) is 11.6 Å². The third-order valence-corrected chi connectivity index (χ3v) is 4.87. The van der Waals surface area contributed by atoms with Crippen LogP contribution in [0, 0.1) is 10.1 Å². The summed E-state index contributed by atoms with van der Waals surface area (Å²) in [5, 5.41) is 23.5. The maximum atomic E-state index is 11.2. The van der Waals surface area contributed by atoms with Crippen LogP contribution in [-0.2, 0) is 0 Å². The minimum atomic E-state index is -0.786. The Kier molecular flexibility index (Phi) is 4.54. The summed E-state index contributed by atoms with van der Waals surface area (Å²) in [4.78, 5) is 15.1. The zero-order valence-electron chi connectivity index (χ0n) is 13.9. The summed E-state index contributed by atoms with van der Waals surface area (Å²) in [5.41, 5.74) is 2.34. The first-order chi connectivity index (χ1) is 13.1. The second-order valence-corrected chi connectivity index (χ2v) is 6.78. The average molecular weight is 402 g/mol. The Hall–Kier alpha value is -2.91. The Morgan fingerprint density at radius 1 is 1.26 bits per heavy atom. The molecule has 1 atom stereocenters. The van der Waals surface area contributed by atoms with E-state index in [1.54, 1.807) is 0 Å². The molecule has 0 bridgehead atoms. The lowest BCUT2D eigenvalue weighted by Crippen LogP contribution is -2.17. The zero-order valence-corrected chi connectivity index (χ0v) is 15.5. The molecule has 4 rings (SSSR count). The molecule has 27 heavy (non-hydrogen) atoms. The van der Waals surface area contributed by atoms with Crippen LogP contribution in [0.5, 0.6) is 5.88 Å². The number of nitro groups is 1. The number of hydrogen-bond donors (Lipinski definition) is 1. The van der Waals surface area contributed by atoms with Crippen LogP contribution in [0.3, 0.4) is 0 Å². The molecule has 0 unspecified atom stereocenters. The molecule has 0 aliphatic carbocycles. The van der Waals surface area contributed by atoms with Crippen molar-refractivity contribution in [3.05, 3.63) is 63.2 Å². The van der Waals surface area contributed by atoms with Gasteiger partial charge in [-0.25, -0.2) is 0 Å². The topological polar surface area (TPSA) is 103 Å². The molecule has 1 aliphatic heterocycles. The minimum absolute atomic E-state index is 0.0804. The molecule has 0 amide bonds. The van der Waals surface area contributed by atoms with E-state index in [2.05, 4.69) is 20.5 Å². The van der Waals surface area contributed by atoms with Crippen molar-refractivity contribution < 1.29 is 9.66 Å². The SMILES string of the molecule is CSc1nnc2c(n1)O[C@@H](c1cc([N+](=O)[O-])ccc1Cl)Nc1ccccc1-2. The molecule has 0 saturated carbocycles. The van der Waals surface area contributed by atoms with Crippen molar-refractivity contribution in [2.75, 3.05) is 11.6 Å². The van der Waals surface area contributed by atoms with Gasteiger partial charge in [0.15, 0.2) is 11.9 Å². The van der Waals surface area contributed by atoms with Crippen LogP contribution < -0.4 is 10.1 Å². The third kappa shape index (κ3) is 3.26. The molecule has 0 saturated heterocycles. The lowest BCUT2D eigenvalue weighted by atomic mass is 10.1. The monoisotopic (exact) mass is 401 g/mol. The predicted molar refractivity (Wildman–Crippen MR) is 102 cm³/mol. The van der Waals surface area contributed by atoms with Gasteiger partial charge in [0.2, 0.25) is 11.0 Å². The van der Waals surface area contributed by atoms with Crippen LogP contribution in [0.4, 0.5) is 11.4 Å². The molecule has 136 valence electrons. The molecule has 2 aromatic carbocycles. The number of thioether (sulfide) groups is 1. The highest BCUT2D eigenvalue weighted by molar-refractivity contribution is 7.98. The Morgan fingerprint density at radius 2 is 2.07 bits per heavy atom. The normalized spacial score (nSPS) is 15.0. The van der Waals surface area contributed by atoms with Crippen LogP contribution in [0.15, 0.2) is 47.6 Å². The number of aromatic nitrogens is 3. The van der Waals surface area contributed by atoms with Gasteiger partial charge < -0.3 is 10.1 Å². The molecule has 1 N–H and O–H groups in total. The van der Waals surface area contributed by atoms with Gasteiger partial charge >= 0.3 is 0 Å². The van der Waals surface area contributed by atoms with Gasteiger partial charge in [-0.05, 0) is 18.4 Å². The van der Waals surface area contributed by atoms with E-state index in [0.717, 1.165) is 11.3 Å². The average Bonchev–Trinajstić information content (AvgIpc) is 2.84. The molecule has 10 heteroatoms. The number of halogens is 1. The molecular formula is C17H12ClN5O3S. The highest BCUT2D eigenvalue weighted by Crippen LogP contribution is 2.41. The lowest BCUT2D eigenvalue weighted by Gasteiger charge is -2.20. The second-order valence-electron chi connectivity index (χ2n) is 5.60. The molecule has 3 aromatic rings. The third-order valence-electron chi connectivity index (χ3n) is 3.99. The number of para-hydroxylation sites is 1. The number of nitro benzene ring substituents is 1. The summed E-state index contributed by atoms with van der Waals surface area (Å²) in [7, 11) is 0. The lowest BCUT2D eigenvalue weighted by molar-refractivity contribution is -0.385. The van der Waals surface area contributed by atoms with Gasteiger partial charge in [-0.1, -0.05) is 41.6 Å². The van der Waals surface area contributed by atoms with E-state index in [1.165, 1.54) is 30.0 Å². The van der Waals surface area contributed by atoms with Gasteiger partial charge in [0.05, 0.1) is 4.92 Å². The van der Waals surface area contributed by atoms with Gasteiger partial charge in [-0.15, -0.1) is 10.2 Å². The largest absolute Gasteiger partial charge is 0.448 e. The van der Waals surface area contributed by atoms with Crippen molar-refractivity contribution in [3.63, 3.8) is 0 Å². The van der Waals surface area contributed by atoms with Crippen molar-refractivity contribution in [1.29, 1.82) is 0 Å². The molecule has 1 aliphatic rings. The van der Waals surface area contributed by atoms with E-state index < -0.39 is 11.2 Å². The summed E-state index contributed by atoms with van der Waals surface area (Å²) in [6.45, 7) is 0. The summed E-state index contributed by atoms with van der Waals surface area (Å²) < 4.78 is 6.04. The predicted octanol–water partition coefficient (Wildman–Crippen LogP) is 4.33. The summed E-state index contributed by atoms with van der Waals surface area (Å²) in [5.74, 6) is 0.277. The van der Waals surface area contributed by atoms with E-state index >= 15 is 0 Å². The van der Waals surface area contributed by atoms with Crippen LogP contribution in [0.1, 0.15) is 11.8 Å². The maximum Gasteiger partial charge on any atom is 0.270 e. The minimum Gasteiger partial charge on any atom is -0.448 e. The first kappa shape index (κ1) is 17.5.